The first-order chi connectivity index (χ1) is 8.79. The zero-order valence-corrected chi connectivity index (χ0v) is 10.3. The van der Waals surface area contributed by atoms with Crippen molar-refractivity contribution < 1.29 is 4.79 Å². The standard InChI is InChI=1S/C13H16N4O/c1-14-9-12-15-7-8-17(12)10-13(18)16-11-5-3-2-4-6-11/h2-8,14H,9-10H2,1H3,(H,16,18). The monoisotopic (exact) mass is 244 g/mol. The molecule has 0 saturated carbocycles. The van der Waals surface area contributed by atoms with Gasteiger partial charge in [-0.2, -0.15) is 0 Å². The Morgan fingerprint density at radius 3 is 2.83 bits per heavy atom. The third kappa shape index (κ3) is 3.18. The molecule has 0 aliphatic heterocycles. The maximum absolute atomic E-state index is 11.9. The number of rotatable bonds is 5. The fourth-order valence-electron chi connectivity index (χ4n) is 1.69. The molecule has 18 heavy (non-hydrogen) atoms. The van der Waals surface area contributed by atoms with Crippen LogP contribution in [0.1, 0.15) is 5.82 Å². The van der Waals surface area contributed by atoms with E-state index in [2.05, 4.69) is 15.6 Å². The van der Waals surface area contributed by atoms with Gasteiger partial charge in [-0.05, 0) is 19.2 Å². The van der Waals surface area contributed by atoms with E-state index in [4.69, 9.17) is 0 Å². The number of para-hydroxylation sites is 1. The Balaban J connectivity index is 1.97. The van der Waals surface area contributed by atoms with Crippen molar-refractivity contribution >= 4 is 11.6 Å². The highest BCUT2D eigenvalue weighted by molar-refractivity contribution is 5.90. The minimum atomic E-state index is -0.0587. The van der Waals surface area contributed by atoms with Crippen molar-refractivity contribution in [2.24, 2.45) is 0 Å². The van der Waals surface area contributed by atoms with Crippen LogP contribution in [0, 0.1) is 0 Å². The van der Waals surface area contributed by atoms with Crippen LogP contribution in [0.15, 0.2) is 42.7 Å². The molecule has 2 rings (SSSR count). The van der Waals surface area contributed by atoms with Gasteiger partial charge >= 0.3 is 0 Å². The first-order valence-electron chi connectivity index (χ1n) is 5.79. The number of aromatic nitrogens is 2. The quantitative estimate of drug-likeness (QED) is 0.832. The van der Waals surface area contributed by atoms with Crippen molar-refractivity contribution in [1.82, 2.24) is 14.9 Å². The maximum Gasteiger partial charge on any atom is 0.244 e. The summed E-state index contributed by atoms with van der Waals surface area (Å²) >= 11 is 0. The summed E-state index contributed by atoms with van der Waals surface area (Å²) in [6.45, 7) is 0.914. The maximum atomic E-state index is 11.9. The third-order valence-corrected chi connectivity index (χ3v) is 2.51. The molecule has 0 fully saturated rings. The molecule has 1 amide bonds. The number of anilines is 1. The van der Waals surface area contributed by atoms with Crippen LogP contribution < -0.4 is 10.6 Å². The minimum Gasteiger partial charge on any atom is -0.325 e. The van der Waals surface area contributed by atoms with Crippen LogP contribution in [0.5, 0.6) is 0 Å². The van der Waals surface area contributed by atoms with Crippen LogP contribution in [-0.2, 0) is 17.9 Å². The number of hydrogen-bond acceptors (Lipinski definition) is 3. The summed E-state index contributed by atoms with van der Waals surface area (Å²) in [5.74, 6) is 0.789. The number of carbonyl (C=O) groups excluding carboxylic acids is 1. The normalized spacial score (nSPS) is 10.3. The predicted octanol–water partition coefficient (Wildman–Crippen LogP) is 1.24. The summed E-state index contributed by atoms with van der Waals surface area (Å²) in [4.78, 5) is 16.0. The highest BCUT2D eigenvalue weighted by atomic mass is 16.1. The molecule has 5 nitrogen and oxygen atoms in total. The van der Waals surface area contributed by atoms with Crippen LogP contribution >= 0.6 is 0 Å². The zero-order chi connectivity index (χ0) is 12.8. The SMILES string of the molecule is CNCc1nccn1CC(=O)Nc1ccccc1. The largest absolute Gasteiger partial charge is 0.325 e. The Bertz CT molecular complexity index is 507. The lowest BCUT2D eigenvalue weighted by Gasteiger charge is -2.08. The Kier molecular flexibility index (Phi) is 4.09. The third-order valence-electron chi connectivity index (χ3n) is 2.51. The second-order valence-corrected chi connectivity index (χ2v) is 3.92. The molecule has 0 unspecified atom stereocenters. The summed E-state index contributed by atoms with van der Waals surface area (Å²) < 4.78 is 1.83. The van der Waals surface area contributed by atoms with Crippen LogP contribution in [0.25, 0.3) is 0 Å². The van der Waals surface area contributed by atoms with Crippen LogP contribution in [0.3, 0.4) is 0 Å². The number of amides is 1. The van der Waals surface area contributed by atoms with Crippen molar-refractivity contribution in [1.29, 1.82) is 0 Å². The van der Waals surface area contributed by atoms with Gasteiger partial charge in [-0.15, -0.1) is 0 Å². The number of imidazole rings is 1. The summed E-state index contributed by atoms with van der Waals surface area (Å²) in [5.41, 5.74) is 0.804. The van der Waals surface area contributed by atoms with E-state index in [1.165, 1.54) is 0 Å². The smallest absolute Gasteiger partial charge is 0.244 e. The van der Waals surface area contributed by atoms with Gasteiger partial charge in [0.15, 0.2) is 0 Å². The van der Waals surface area contributed by atoms with E-state index in [0.717, 1.165) is 11.5 Å². The summed E-state index contributed by atoms with van der Waals surface area (Å²) in [7, 11) is 1.85. The highest BCUT2D eigenvalue weighted by Gasteiger charge is 2.07. The van der Waals surface area contributed by atoms with E-state index >= 15 is 0 Å². The van der Waals surface area contributed by atoms with Crippen molar-refractivity contribution in [2.45, 2.75) is 13.1 Å². The number of nitrogens with zero attached hydrogens (tertiary/aromatic N) is 2. The van der Waals surface area contributed by atoms with E-state index in [1.54, 1.807) is 12.4 Å². The summed E-state index contributed by atoms with van der Waals surface area (Å²) in [6.07, 6.45) is 3.50. The minimum absolute atomic E-state index is 0.0587. The van der Waals surface area contributed by atoms with Gasteiger partial charge in [-0.25, -0.2) is 4.98 Å². The fourth-order valence-corrected chi connectivity index (χ4v) is 1.69. The first kappa shape index (κ1) is 12.3. The van der Waals surface area contributed by atoms with Gasteiger partial charge in [0.1, 0.15) is 12.4 Å². The first-order valence-corrected chi connectivity index (χ1v) is 5.79. The molecule has 2 N–H and O–H groups in total. The molecular weight excluding hydrogens is 228 g/mol. The number of benzene rings is 1. The average molecular weight is 244 g/mol. The van der Waals surface area contributed by atoms with E-state index in [-0.39, 0.29) is 12.5 Å². The van der Waals surface area contributed by atoms with Gasteiger partial charge in [-0.1, -0.05) is 18.2 Å². The molecule has 0 aliphatic rings. The lowest BCUT2D eigenvalue weighted by molar-refractivity contribution is -0.116. The van der Waals surface area contributed by atoms with Crippen molar-refractivity contribution in [3.05, 3.63) is 48.5 Å². The Labute approximate surface area is 106 Å². The van der Waals surface area contributed by atoms with Gasteiger partial charge in [0.2, 0.25) is 5.91 Å². The van der Waals surface area contributed by atoms with Crippen LogP contribution in [0.2, 0.25) is 0 Å². The van der Waals surface area contributed by atoms with Gasteiger partial charge in [-0.3, -0.25) is 4.79 Å². The lowest BCUT2D eigenvalue weighted by Crippen LogP contribution is -2.21. The summed E-state index contributed by atoms with van der Waals surface area (Å²) in [5, 5.41) is 5.86. The molecule has 0 spiro atoms. The Morgan fingerprint density at radius 2 is 2.11 bits per heavy atom. The molecule has 0 atom stereocenters. The lowest BCUT2D eigenvalue weighted by atomic mass is 10.3. The fraction of sp³-hybridized carbons (Fsp3) is 0.231. The molecule has 1 heterocycles. The van der Waals surface area contributed by atoms with Crippen molar-refractivity contribution in [3.63, 3.8) is 0 Å². The predicted molar refractivity (Wildman–Crippen MR) is 70.1 cm³/mol. The zero-order valence-electron chi connectivity index (χ0n) is 10.3. The molecule has 2 aromatic rings. The number of hydrogen-bond donors (Lipinski definition) is 2. The highest BCUT2D eigenvalue weighted by Crippen LogP contribution is 2.05. The average Bonchev–Trinajstić information content (AvgIpc) is 2.78. The van der Waals surface area contributed by atoms with Crippen molar-refractivity contribution in [2.75, 3.05) is 12.4 Å². The van der Waals surface area contributed by atoms with Gasteiger partial charge < -0.3 is 15.2 Å². The second-order valence-electron chi connectivity index (χ2n) is 3.92. The molecule has 0 bridgehead atoms. The number of carbonyl (C=O) groups is 1. The Morgan fingerprint density at radius 1 is 1.33 bits per heavy atom. The van der Waals surface area contributed by atoms with Gasteiger partial charge in [0.25, 0.3) is 0 Å². The topological polar surface area (TPSA) is 59.0 Å². The second kappa shape index (κ2) is 5.97. The van der Waals surface area contributed by atoms with Gasteiger partial charge in [0.05, 0.1) is 6.54 Å². The Hall–Kier alpha value is -2.14. The molecule has 0 radical (unpaired) electrons. The number of nitrogens with one attached hydrogen (secondary N) is 2. The molecule has 1 aromatic carbocycles. The summed E-state index contributed by atoms with van der Waals surface area (Å²) in [6, 6.07) is 9.41. The van der Waals surface area contributed by atoms with E-state index < -0.39 is 0 Å². The molecule has 94 valence electrons. The van der Waals surface area contributed by atoms with Crippen LogP contribution in [-0.4, -0.2) is 22.5 Å². The van der Waals surface area contributed by atoms with Crippen molar-refractivity contribution in [3.8, 4) is 0 Å². The molecular formula is C13H16N4O. The molecule has 1 aromatic heterocycles. The molecule has 0 aliphatic carbocycles. The van der Waals surface area contributed by atoms with Gasteiger partial charge in [0, 0.05) is 18.1 Å². The molecule has 0 saturated heterocycles. The van der Waals surface area contributed by atoms with E-state index in [1.807, 2.05) is 41.9 Å². The molecule has 5 heteroatoms. The van der Waals surface area contributed by atoms with Crippen LogP contribution in [0.4, 0.5) is 5.69 Å². The van der Waals surface area contributed by atoms with E-state index in [9.17, 15) is 4.79 Å². The van der Waals surface area contributed by atoms with E-state index in [0.29, 0.717) is 6.54 Å².